The van der Waals surface area contributed by atoms with E-state index in [1.807, 2.05) is 30.0 Å². The number of methoxy groups -OCH3 is 2. The number of hydrogen-bond acceptors (Lipinski definition) is 4. The third kappa shape index (κ3) is 4.44. The van der Waals surface area contributed by atoms with Crippen molar-refractivity contribution in [1.29, 1.82) is 0 Å². The van der Waals surface area contributed by atoms with Gasteiger partial charge in [0.1, 0.15) is 0 Å². The van der Waals surface area contributed by atoms with Gasteiger partial charge in [0.2, 0.25) is 5.91 Å². The molecule has 1 atom stereocenters. The highest BCUT2D eigenvalue weighted by Gasteiger charge is 2.31. The molecule has 0 N–H and O–H groups in total. The maximum Gasteiger partial charge on any atom is 0.242 e. The number of ether oxygens (including phenoxy) is 2. The van der Waals surface area contributed by atoms with Crippen molar-refractivity contribution in [3.05, 3.63) is 53.6 Å². The maximum atomic E-state index is 13.6. The highest BCUT2D eigenvalue weighted by Crippen LogP contribution is 2.37. The van der Waals surface area contributed by atoms with Gasteiger partial charge in [0.05, 0.1) is 26.8 Å². The fraction of sp³-hybridized carbons (Fsp3) is 0.409. The second kappa shape index (κ2) is 9.11. The van der Waals surface area contributed by atoms with E-state index >= 15 is 0 Å². The average molecular weight is 404 g/mol. The molecule has 0 bridgehead atoms. The lowest BCUT2D eigenvalue weighted by atomic mass is 10.0. The summed E-state index contributed by atoms with van der Waals surface area (Å²) in [5.41, 5.74) is 1.48. The molecule has 7 heteroatoms. The van der Waals surface area contributed by atoms with Crippen molar-refractivity contribution in [3.63, 3.8) is 0 Å². The van der Waals surface area contributed by atoms with Crippen LogP contribution >= 0.6 is 0 Å². The third-order valence-electron chi connectivity index (χ3n) is 5.34. The second-order valence-corrected chi connectivity index (χ2v) is 6.97. The number of anilines is 1. The first-order valence-electron chi connectivity index (χ1n) is 9.69. The van der Waals surface area contributed by atoms with E-state index in [0.29, 0.717) is 30.3 Å². The minimum Gasteiger partial charge on any atom is -0.493 e. The average Bonchev–Trinajstić information content (AvgIpc) is 3.23. The number of halogens is 2. The van der Waals surface area contributed by atoms with Crippen LogP contribution in [0.4, 0.5) is 14.5 Å². The highest BCUT2D eigenvalue weighted by molar-refractivity contribution is 5.82. The molecule has 1 heterocycles. The molecule has 2 aromatic rings. The number of likely N-dealkylation sites (N-methyl/N-ethyl adjacent to an activating group) is 1. The molecule has 1 aliphatic heterocycles. The molecule has 0 saturated carbocycles. The first-order chi connectivity index (χ1) is 14.0. The minimum absolute atomic E-state index is 0.0473. The van der Waals surface area contributed by atoms with E-state index in [2.05, 4.69) is 0 Å². The molecule has 5 nitrogen and oxygen atoms in total. The maximum absolute atomic E-state index is 13.6. The van der Waals surface area contributed by atoms with Crippen LogP contribution in [-0.2, 0) is 4.79 Å². The lowest BCUT2D eigenvalue weighted by Gasteiger charge is -2.30. The standard InChI is InChI=1S/C22H26F2N2O3/c1-4-25(16-8-9-17(23)18(24)13-16)14-22(27)26-11-5-6-19(26)15-7-10-20(28-2)21(12-15)29-3/h7-10,12-13,19H,4-6,11,14H2,1-3H3. The number of nitrogens with zero attached hydrogens (tertiary/aromatic N) is 2. The normalized spacial score (nSPS) is 16.0. The summed E-state index contributed by atoms with van der Waals surface area (Å²) in [6.07, 6.45) is 1.76. The molecule has 3 rings (SSSR count). The number of rotatable bonds is 7. The minimum atomic E-state index is -0.919. The molecule has 1 amide bonds. The van der Waals surface area contributed by atoms with Gasteiger partial charge < -0.3 is 19.3 Å². The quantitative estimate of drug-likeness (QED) is 0.695. The predicted molar refractivity (Wildman–Crippen MR) is 107 cm³/mol. The van der Waals surface area contributed by atoms with Gasteiger partial charge >= 0.3 is 0 Å². The van der Waals surface area contributed by atoms with Crippen LogP contribution in [0.3, 0.4) is 0 Å². The van der Waals surface area contributed by atoms with Crippen molar-refractivity contribution < 1.29 is 23.0 Å². The summed E-state index contributed by atoms with van der Waals surface area (Å²) < 4.78 is 37.5. The molecule has 0 aliphatic carbocycles. The van der Waals surface area contributed by atoms with Crippen molar-refractivity contribution in [2.45, 2.75) is 25.8 Å². The number of amides is 1. The van der Waals surface area contributed by atoms with Gasteiger partial charge in [-0.2, -0.15) is 0 Å². The Kier molecular flexibility index (Phi) is 6.56. The van der Waals surface area contributed by atoms with Gasteiger partial charge in [0.15, 0.2) is 23.1 Å². The zero-order valence-corrected chi connectivity index (χ0v) is 17.0. The lowest BCUT2D eigenvalue weighted by molar-refractivity contribution is -0.130. The largest absolute Gasteiger partial charge is 0.493 e. The third-order valence-corrected chi connectivity index (χ3v) is 5.34. The molecule has 156 valence electrons. The van der Waals surface area contributed by atoms with E-state index in [9.17, 15) is 13.6 Å². The topological polar surface area (TPSA) is 42.0 Å². The van der Waals surface area contributed by atoms with Crippen molar-refractivity contribution in [1.82, 2.24) is 4.90 Å². The van der Waals surface area contributed by atoms with E-state index in [4.69, 9.17) is 9.47 Å². The summed E-state index contributed by atoms with van der Waals surface area (Å²) in [7, 11) is 3.17. The smallest absolute Gasteiger partial charge is 0.242 e. The van der Waals surface area contributed by atoms with Crippen LogP contribution < -0.4 is 14.4 Å². The van der Waals surface area contributed by atoms with Gasteiger partial charge in [-0.15, -0.1) is 0 Å². The van der Waals surface area contributed by atoms with E-state index in [0.717, 1.165) is 30.5 Å². The van der Waals surface area contributed by atoms with Gasteiger partial charge in [-0.05, 0) is 49.6 Å². The van der Waals surface area contributed by atoms with E-state index in [-0.39, 0.29) is 18.5 Å². The Hall–Kier alpha value is -2.83. The molecule has 0 radical (unpaired) electrons. The van der Waals surface area contributed by atoms with Crippen LogP contribution in [-0.4, -0.2) is 44.7 Å². The first kappa shape index (κ1) is 20.9. The summed E-state index contributed by atoms with van der Waals surface area (Å²) in [6.45, 7) is 3.15. The van der Waals surface area contributed by atoms with Crippen molar-refractivity contribution in [2.24, 2.45) is 0 Å². The molecular formula is C22H26F2N2O3. The Balaban J connectivity index is 1.78. The van der Waals surface area contributed by atoms with Crippen molar-refractivity contribution in [3.8, 4) is 11.5 Å². The summed E-state index contributed by atoms with van der Waals surface area (Å²) in [5, 5.41) is 0. The van der Waals surface area contributed by atoms with Gasteiger partial charge in [0, 0.05) is 24.8 Å². The van der Waals surface area contributed by atoms with Gasteiger partial charge in [0.25, 0.3) is 0 Å². The van der Waals surface area contributed by atoms with Crippen LogP contribution in [0.25, 0.3) is 0 Å². The molecule has 29 heavy (non-hydrogen) atoms. The van der Waals surface area contributed by atoms with Crippen LogP contribution in [0.5, 0.6) is 11.5 Å². The Bertz CT molecular complexity index is 875. The fourth-order valence-corrected chi connectivity index (χ4v) is 3.79. The Morgan fingerprint density at radius 3 is 2.52 bits per heavy atom. The number of likely N-dealkylation sites (tertiary alicyclic amines) is 1. The van der Waals surface area contributed by atoms with Gasteiger partial charge in [-0.25, -0.2) is 8.78 Å². The Labute approximate surface area is 169 Å². The first-order valence-corrected chi connectivity index (χ1v) is 9.69. The summed E-state index contributed by atoms with van der Waals surface area (Å²) in [6, 6.07) is 9.35. The number of carbonyl (C=O) groups is 1. The molecular weight excluding hydrogens is 378 g/mol. The van der Waals surface area contributed by atoms with Crippen molar-refractivity contribution in [2.75, 3.05) is 38.8 Å². The molecule has 0 spiro atoms. The molecule has 2 aromatic carbocycles. The monoisotopic (exact) mass is 404 g/mol. The summed E-state index contributed by atoms with van der Waals surface area (Å²) >= 11 is 0. The van der Waals surface area contributed by atoms with Crippen LogP contribution in [0, 0.1) is 11.6 Å². The number of benzene rings is 2. The van der Waals surface area contributed by atoms with E-state index < -0.39 is 11.6 Å². The van der Waals surface area contributed by atoms with Crippen molar-refractivity contribution >= 4 is 11.6 Å². The molecule has 1 fully saturated rings. The molecule has 0 aromatic heterocycles. The van der Waals surface area contributed by atoms with Gasteiger partial charge in [-0.1, -0.05) is 6.07 Å². The summed E-state index contributed by atoms with van der Waals surface area (Å²) in [4.78, 5) is 16.7. The van der Waals surface area contributed by atoms with E-state index in [1.165, 1.54) is 6.07 Å². The second-order valence-electron chi connectivity index (χ2n) is 6.97. The SMILES string of the molecule is CCN(CC(=O)N1CCCC1c1ccc(OC)c(OC)c1)c1ccc(F)c(F)c1. The zero-order valence-electron chi connectivity index (χ0n) is 17.0. The van der Waals surface area contributed by atoms with Crippen LogP contribution in [0.2, 0.25) is 0 Å². The van der Waals surface area contributed by atoms with Crippen LogP contribution in [0.15, 0.2) is 36.4 Å². The fourth-order valence-electron chi connectivity index (χ4n) is 3.79. The Morgan fingerprint density at radius 2 is 1.86 bits per heavy atom. The number of hydrogen-bond donors (Lipinski definition) is 0. The summed E-state index contributed by atoms with van der Waals surface area (Å²) in [5.74, 6) is -0.597. The van der Waals surface area contributed by atoms with Crippen LogP contribution in [0.1, 0.15) is 31.4 Å². The highest BCUT2D eigenvalue weighted by atomic mass is 19.2. The van der Waals surface area contributed by atoms with E-state index in [1.54, 1.807) is 19.1 Å². The number of carbonyl (C=O) groups excluding carboxylic acids is 1. The molecule has 1 unspecified atom stereocenters. The van der Waals surface area contributed by atoms with Gasteiger partial charge in [-0.3, -0.25) is 4.79 Å². The molecule has 1 saturated heterocycles. The zero-order chi connectivity index (χ0) is 21.0. The predicted octanol–water partition coefficient (Wildman–Crippen LogP) is 4.17. The Morgan fingerprint density at radius 1 is 1.10 bits per heavy atom. The molecule has 1 aliphatic rings. The lowest BCUT2D eigenvalue weighted by Crippen LogP contribution is -2.40.